The van der Waals surface area contributed by atoms with Gasteiger partial charge in [0.25, 0.3) is 0 Å². The molecule has 0 bridgehead atoms. The number of hydrogen-bond donors (Lipinski definition) is 0. The van der Waals surface area contributed by atoms with Gasteiger partial charge >= 0.3 is 17.1 Å². The summed E-state index contributed by atoms with van der Waals surface area (Å²) in [7, 11) is -9.89. The SMILES string of the molecule is O.O.O.O.O.O.[Cu+2].[O-][Cl+3]([O-])([O-])[O-].[O-][Cl+3]([O-])([O-])[O-]. The van der Waals surface area contributed by atoms with E-state index in [0.717, 1.165) is 0 Å². The standard InChI is InChI=1S/2ClHO4.Cu.6H2O/c2*2-1(3,4)5;;;;;;;/h2*(H,2,3,4,5);;6*1H2/q;;+2;;;;;;/p-2. The van der Waals surface area contributed by atoms with E-state index in [4.69, 9.17) is 37.3 Å². The maximum atomic E-state index is 8.49. The molecule has 0 heterocycles. The van der Waals surface area contributed by atoms with Crippen LogP contribution in [-0.2, 0) is 17.1 Å². The van der Waals surface area contributed by atoms with E-state index in [2.05, 4.69) is 0 Å². The first-order valence-corrected chi connectivity index (χ1v) is 3.70. The first kappa shape index (κ1) is 65.8. The van der Waals surface area contributed by atoms with Crippen LogP contribution < -0.4 is 37.3 Å². The largest absolute Gasteiger partial charge is 2.00 e. The Hall–Kier alpha value is 0.539. The third-order valence-corrected chi connectivity index (χ3v) is 0. The zero-order chi connectivity index (χ0) is 9.00. The molecule has 0 aromatic heterocycles. The van der Waals surface area contributed by atoms with Crippen molar-refractivity contribution in [2.75, 3.05) is 0 Å². The van der Waals surface area contributed by atoms with Crippen LogP contribution >= 0.6 is 0 Å². The van der Waals surface area contributed by atoms with Crippen molar-refractivity contribution in [1.29, 1.82) is 0 Å². The van der Waals surface area contributed by atoms with Gasteiger partial charge in [0.05, 0.1) is 0 Å². The van der Waals surface area contributed by atoms with Gasteiger partial charge in [0.2, 0.25) is 0 Å². The Morgan fingerprint density at radius 3 is 0.353 bits per heavy atom. The molecular weight excluding hydrogens is 358 g/mol. The Kier molecular flexibility index (Phi) is 98.3. The van der Waals surface area contributed by atoms with Crippen molar-refractivity contribution in [2.24, 2.45) is 0 Å². The second-order valence-electron chi connectivity index (χ2n) is 0.756. The van der Waals surface area contributed by atoms with Gasteiger partial charge < -0.3 is 32.9 Å². The van der Waals surface area contributed by atoms with E-state index in [1.807, 2.05) is 0 Å². The molecule has 0 saturated carbocycles. The second kappa shape index (κ2) is 25.4. The van der Waals surface area contributed by atoms with Gasteiger partial charge in [-0.2, -0.15) is 0 Å². The average molecular weight is 371 g/mol. The molecule has 0 rings (SSSR count). The predicted molar refractivity (Wildman–Crippen MR) is 21.7 cm³/mol. The van der Waals surface area contributed by atoms with Crippen molar-refractivity contribution in [1.82, 2.24) is 0 Å². The Bertz CT molecular complexity index is 57.2. The maximum Gasteiger partial charge on any atom is 2.00 e. The Balaban J connectivity index is -0.00000000762. The van der Waals surface area contributed by atoms with Crippen molar-refractivity contribution < 1.29 is 108 Å². The minimum absolute atomic E-state index is 0. The van der Waals surface area contributed by atoms with E-state index in [1.54, 1.807) is 0 Å². The molecule has 0 atom stereocenters. The summed E-state index contributed by atoms with van der Waals surface area (Å²) in [5.41, 5.74) is 0. The third kappa shape index (κ3) is 12000. The molecule has 1 radical (unpaired) electrons. The zero-order valence-electron chi connectivity index (χ0n) is 7.32. The van der Waals surface area contributed by atoms with Crippen molar-refractivity contribution in [3.05, 3.63) is 0 Å². The van der Waals surface area contributed by atoms with E-state index in [-0.39, 0.29) is 49.9 Å². The van der Waals surface area contributed by atoms with Crippen LogP contribution in [0, 0.1) is 20.5 Å². The monoisotopic (exact) mass is 369 g/mol. The van der Waals surface area contributed by atoms with Crippen LogP contribution in [-0.4, -0.2) is 32.9 Å². The van der Waals surface area contributed by atoms with Gasteiger partial charge in [0.15, 0.2) is 0 Å². The van der Waals surface area contributed by atoms with Crippen LogP contribution in [0.2, 0.25) is 0 Å². The summed E-state index contributed by atoms with van der Waals surface area (Å²) in [6, 6.07) is 0. The first-order valence-electron chi connectivity index (χ1n) is 1.23. The molecule has 121 valence electrons. The molecule has 17 heavy (non-hydrogen) atoms. The molecule has 0 aromatic carbocycles. The van der Waals surface area contributed by atoms with Crippen molar-refractivity contribution in [3.63, 3.8) is 0 Å². The minimum atomic E-state index is -4.94. The van der Waals surface area contributed by atoms with E-state index >= 15 is 0 Å². The summed E-state index contributed by atoms with van der Waals surface area (Å²) >= 11 is 0. The molecule has 0 amide bonds. The number of halogens is 2. The van der Waals surface area contributed by atoms with E-state index in [0.29, 0.717) is 0 Å². The molecule has 12 N–H and O–H groups in total. The van der Waals surface area contributed by atoms with Crippen LogP contribution in [0.3, 0.4) is 0 Å². The van der Waals surface area contributed by atoms with Gasteiger partial charge in [-0.15, -0.1) is 20.5 Å². The molecular formula is H12Cl2CuO14. The average Bonchev–Trinajstić information content (AvgIpc) is 1.12. The summed E-state index contributed by atoms with van der Waals surface area (Å²) in [6.07, 6.45) is 0. The Morgan fingerprint density at radius 2 is 0.353 bits per heavy atom. The van der Waals surface area contributed by atoms with E-state index in [1.165, 1.54) is 0 Å². The predicted octanol–water partition coefficient (Wildman–Crippen LogP) is -14.5. The van der Waals surface area contributed by atoms with Crippen LogP contribution in [0.25, 0.3) is 0 Å². The number of hydrogen-bond acceptors (Lipinski definition) is 8. The molecule has 0 spiro atoms. The van der Waals surface area contributed by atoms with Gasteiger partial charge in [0, 0.05) is 0 Å². The topological polar surface area (TPSA) is 373 Å². The van der Waals surface area contributed by atoms with Gasteiger partial charge in [-0.3, -0.25) is 0 Å². The summed E-state index contributed by atoms with van der Waals surface area (Å²) in [6.45, 7) is 0. The fraction of sp³-hybridized carbons (Fsp3) is 0. The van der Waals surface area contributed by atoms with Crippen molar-refractivity contribution in [2.45, 2.75) is 0 Å². The molecule has 0 fully saturated rings. The molecule has 0 unspecified atom stereocenters. The van der Waals surface area contributed by atoms with Gasteiger partial charge in [-0.25, -0.2) is 37.3 Å². The molecule has 14 nitrogen and oxygen atoms in total. The summed E-state index contributed by atoms with van der Waals surface area (Å²) in [5.74, 6) is 0. The molecule has 17 heteroatoms. The van der Waals surface area contributed by atoms with E-state index < -0.39 is 20.5 Å². The minimum Gasteiger partial charge on any atom is -0.412 e. The molecule has 0 aliphatic carbocycles. The molecule has 0 aromatic rings. The normalized spacial score (nSPS) is 7.06. The van der Waals surface area contributed by atoms with Gasteiger partial charge in [0.1, 0.15) is 0 Å². The fourth-order valence-corrected chi connectivity index (χ4v) is 0. The van der Waals surface area contributed by atoms with Crippen LogP contribution in [0.1, 0.15) is 0 Å². The maximum absolute atomic E-state index is 8.49. The zero-order valence-corrected chi connectivity index (χ0v) is 9.78. The summed E-state index contributed by atoms with van der Waals surface area (Å²) < 4.78 is 67.9. The van der Waals surface area contributed by atoms with Crippen LogP contribution in [0.15, 0.2) is 0 Å². The first-order chi connectivity index (χ1) is 4.00. The van der Waals surface area contributed by atoms with Crippen LogP contribution in [0.4, 0.5) is 0 Å². The Labute approximate surface area is 108 Å². The van der Waals surface area contributed by atoms with Crippen molar-refractivity contribution in [3.8, 4) is 0 Å². The second-order valence-corrected chi connectivity index (χ2v) is 2.27. The van der Waals surface area contributed by atoms with E-state index in [9.17, 15) is 0 Å². The summed E-state index contributed by atoms with van der Waals surface area (Å²) in [5, 5.41) is 0. The quantitative estimate of drug-likeness (QED) is 0.367. The van der Waals surface area contributed by atoms with Gasteiger partial charge in [-0.1, -0.05) is 0 Å². The number of rotatable bonds is 0. The smallest absolute Gasteiger partial charge is 0.412 e. The third-order valence-electron chi connectivity index (χ3n) is 0. The van der Waals surface area contributed by atoms with Gasteiger partial charge in [-0.05, 0) is 0 Å². The fourth-order valence-electron chi connectivity index (χ4n) is 0. The molecule has 0 aliphatic rings. The summed E-state index contributed by atoms with van der Waals surface area (Å²) in [4.78, 5) is 0. The van der Waals surface area contributed by atoms with Crippen molar-refractivity contribution >= 4 is 0 Å². The van der Waals surface area contributed by atoms with Crippen LogP contribution in [0.5, 0.6) is 0 Å². The molecule has 0 aliphatic heterocycles. The Morgan fingerprint density at radius 1 is 0.353 bits per heavy atom. The molecule has 0 saturated heterocycles.